The van der Waals surface area contributed by atoms with Gasteiger partial charge in [-0.3, -0.25) is 0 Å². The van der Waals surface area contributed by atoms with E-state index in [9.17, 15) is 4.79 Å². The van der Waals surface area contributed by atoms with Crippen LogP contribution in [0.2, 0.25) is 0 Å². The molecule has 0 atom stereocenters. The Kier molecular flexibility index (Phi) is 2.08. The lowest BCUT2D eigenvalue weighted by molar-refractivity contribution is 0.543. The zero-order valence-electron chi connectivity index (χ0n) is 8.21. The van der Waals surface area contributed by atoms with Gasteiger partial charge in [0.15, 0.2) is 0 Å². The fraction of sp³-hybridized carbons (Fsp3) is 0. The van der Waals surface area contributed by atoms with Crippen molar-refractivity contribution >= 4 is 22.3 Å². The summed E-state index contributed by atoms with van der Waals surface area (Å²) in [7, 11) is 0. The van der Waals surface area contributed by atoms with Crippen LogP contribution in [0.15, 0.2) is 51.7 Å². The molecule has 3 aromatic rings. The van der Waals surface area contributed by atoms with Gasteiger partial charge in [0.25, 0.3) is 0 Å². The molecule has 0 saturated heterocycles. The van der Waals surface area contributed by atoms with Crippen LogP contribution >= 0.6 is 11.5 Å². The Labute approximate surface area is 95.1 Å². The predicted molar refractivity (Wildman–Crippen MR) is 63.6 cm³/mol. The number of benzene rings is 2. The molecule has 78 valence electrons. The molecule has 0 saturated carbocycles. The standard InChI is InChI=1S/C12H7NO2S/c14-12-15-11(13-16-12)10-7-3-5-8-4-1-2-6-9(8)10/h1-7H. The summed E-state index contributed by atoms with van der Waals surface area (Å²) in [5.41, 5.74) is 0.858. The third kappa shape index (κ3) is 1.44. The van der Waals surface area contributed by atoms with Crippen molar-refractivity contribution in [2.75, 3.05) is 0 Å². The van der Waals surface area contributed by atoms with E-state index in [0.29, 0.717) is 5.89 Å². The molecular weight excluding hydrogens is 222 g/mol. The Morgan fingerprint density at radius 2 is 1.88 bits per heavy atom. The summed E-state index contributed by atoms with van der Waals surface area (Å²) in [5.74, 6) is 0.395. The Morgan fingerprint density at radius 3 is 2.69 bits per heavy atom. The maximum atomic E-state index is 11.0. The number of aromatic nitrogens is 1. The van der Waals surface area contributed by atoms with Crippen molar-refractivity contribution in [3.63, 3.8) is 0 Å². The fourth-order valence-corrected chi connectivity index (χ4v) is 2.12. The van der Waals surface area contributed by atoms with Gasteiger partial charge in [-0.05, 0) is 16.8 Å². The second-order valence-electron chi connectivity index (χ2n) is 3.37. The highest BCUT2D eigenvalue weighted by atomic mass is 32.1. The molecule has 0 bridgehead atoms. The van der Waals surface area contributed by atoms with Crippen molar-refractivity contribution < 1.29 is 4.42 Å². The first-order valence-corrected chi connectivity index (χ1v) is 5.57. The molecule has 0 unspecified atom stereocenters. The number of rotatable bonds is 1. The summed E-state index contributed by atoms with van der Waals surface area (Å²) >= 11 is 0.836. The van der Waals surface area contributed by atoms with E-state index in [1.165, 1.54) is 0 Å². The van der Waals surface area contributed by atoms with Crippen LogP contribution in [0.4, 0.5) is 0 Å². The van der Waals surface area contributed by atoms with E-state index >= 15 is 0 Å². The first kappa shape index (κ1) is 9.30. The van der Waals surface area contributed by atoms with Crippen LogP contribution in [0, 0.1) is 0 Å². The second-order valence-corrected chi connectivity index (χ2v) is 4.06. The smallest absolute Gasteiger partial charge is 0.394 e. The van der Waals surface area contributed by atoms with Gasteiger partial charge in [-0.25, -0.2) is 4.79 Å². The van der Waals surface area contributed by atoms with Crippen molar-refractivity contribution in [1.82, 2.24) is 4.37 Å². The Morgan fingerprint density at radius 1 is 1.06 bits per heavy atom. The minimum absolute atomic E-state index is 0.372. The Hall–Kier alpha value is -1.94. The zero-order valence-corrected chi connectivity index (χ0v) is 9.03. The summed E-state index contributed by atoms with van der Waals surface area (Å²) in [6.07, 6.45) is 0. The second kappa shape index (κ2) is 3.57. The molecule has 0 aliphatic carbocycles. The summed E-state index contributed by atoms with van der Waals surface area (Å²) in [5, 5.41) is 2.15. The molecule has 0 fully saturated rings. The average Bonchev–Trinajstić information content (AvgIpc) is 2.75. The molecule has 3 rings (SSSR count). The van der Waals surface area contributed by atoms with Crippen LogP contribution in [0.1, 0.15) is 0 Å². The Balaban J connectivity index is 2.35. The van der Waals surface area contributed by atoms with Gasteiger partial charge in [0.2, 0.25) is 5.89 Å². The molecule has 2 aromatic carbocycles. The summed E-state index contributed by atoms with van der Waals surface area (Å²) < 4.78 is 9.03. The minimum Gasteiger partial charge on any atom is -0.394 e. The summed E-state index contributed by atoms with van der Waals surface area (Å²) in [6.45, 7) is 0. The third-order valence-corrected chi connectivity index (χ3v) is 2.89. The Bertz CT molecular complexity index is 694. The van der Waals surface area contributed by atoms with Crippen molar-refractivity contribution in [1.29, 1.82) is 0 Å². The van der Waals surface area contributed by atoms with Crippen LogP contribution in [-0.2, 0) is 0 Å². The maximum Gasteiger partial charge on any atom is 0.414 e. The third-order valence-electron chi connectivity index (χ3n) is 2.40. The van der Waals surface area contributed by atoms with Crippen LogP contribution in [0.5, 0.6) is 0 Å². The summed E-state index contributed by atoms with van der Waals surface area (Å²) in [4.78, 5) is 10.6. The van der Waals surface area contributed by atoms with Gasteiger partial charge in [-0.15, -0.1) is 4.37 Å². The van der Waals surface area contributed by atoms with Gasteiger partial charge < -0.3 is 4.42 Å². The summed E-state index contributed by atoms with van der Waals surface area (Å²) in [6, 6.07) is 13.8. The van der Waals surface area contributed by atoms with Gasteiger partial charge >= 0.3 is 4.94 Å². The first-order valence-electron chi connectivity index (χ1n) is 4.79. The van der Waals surface area contributed by atoms with E-state index in [1.54, 1.807) is 0 Å². The van der Waals surface area contributed by atoms with E-state index < -0.39 is 0 Å². The molecule has 0 aliphatic heterocycles. The minimum atomic E-state index is -0.372. The van der Waals surface area contributed by atoms with Crippen LogP contribution in [-0.4, -0.2) is 4.37 Å². The van der Waals surface area contributed by atoms with Crippen LogP contribution < -0.4 is 4.94 Å². The van der Waals surface area contributed by atoms with E-state index in [4.69, 9.17) is 4.42 Å². The number of nitrogens with zero attached hydrogens (tertiary/aromatic N) is 1. The van der Waals surface area contributed by atoms with Gasteiger partial charge in [-0.2, -0.15) is 0 Å². The highest BCUT2D eigenvalue weighted by Crippen LogP contribution is 2.26. The zero-order chi connectivity index (χ0) is 11.0. The normalized spacial score (nSPS) is 10.8. The lowest BCUT2D eigenvalue weighted by Gasteiger charge is -2.01. The van der Waals surface area contributed by atoms with Crippen LogP contribution in [0.25, 0.3) is 22.2 Å². The molecule has 0 amide bonds. The number of fused-ring (bicyclic) bond motifs is 1. The first-order chi connectivity index (χ1) is 7.84. The molecule has 3 nitrogen and oxygen atoms in total. The van der Waals surface area contributed by atoms with E-state index in [1.807, 2.05) is 42.5 Å². The van der Waals surface area contributed by atoms with Gasteiger partial charge in [-0.1, -0.05) is 36.4 Å². The lowest BCUT2D eigenvalue weighted by Crippen LogP contribution is -1.83. The maximum absolute atomic E-state index is 11.0. The van der Waals surface area contributed by atoms with Crippen molar-refractivity contribution in [3.05, 3.63) is 52.2 Å². The monoisotopic (exact) mass is 229 g/mol. The lowest BCUT2D eigenvalue weighted by atomic mass is 10.0. The SMILES string of the molecule is O=c1oc(-c2cccc3ccccc23)ns1. The van der Waals surface area contributed by atoms with Crippen molar-refractivity contribution in [2.24, 2.45) is 0 Å². The molecule has 0 aliphatic rings. The van der Waals surface area contributed by atoms with Gasteiger partial charge in [0.1, 0.15) is 0 Å². The fourth-order valence-electron chi connectivity index (χ4n) is 1.71. The van der Waals surface area contributed by atoms with Crippen molar-refractivity contribution in [3.8, 4) is 11.5 Å². The quantitative estimate of drug-likeness (QED) is 0.644. The van der Waals surface area contributed by atoms with E-state index in [0.717, 1.165) is 27.9 Å². The molecule has 1 aromatic heterocycles. The predicted octanol–water partition coefficient (Wildman–Crippen LogP) is 2.92. The molecule has 16 heavy (non-hydrogen) atoms. The highest BCUT2D eigenvalue weighted by molar-refractivity contribution is 7.02. The topological polar surface area (TPSA) is 43.1 Å². The highest BCUT2D eigenvalue weighted by Gasteiger charge is 2.08. The molecule has 4 heteroatoms. The van der Waals surface area contributed by atoms with Gasteiger partial charge in [0, 0.05) is 5.56 Å². The van der Waals surface area contributed by atoms with Gasteiger partial charge in [0.05, 0.1) is 11.5 Å². The molecule has 1 heterocycles. The molecule has 0 radical (unpaired) electrons. The van der Waals surface area contributed by atoms with Crippen molar-refractivity contribution in [2.45, 2.75) is 0 Å². The van der Waals surface area contributed by atoms with E-state index in [2.05, 4.69) is 4.37 Å². The average molecular weight is 229 g/mol. The van der Waals surface area contributed by atoms with E-state index in [-0.39, 0.29) is 4.94 Å². The molecule has 0 spiro atoms. The molecule has 0 N–H and O–H groups in total. The largest absolute Gasteiger partial charge is 0.414 e. The number of hydrogen-bond acceptors (Lipinski definition) is 4. The number of hydrogen-bond donors (Lipinski definition) is 0. The van der Waals surface area contributed by atoms with Crippen LogP contribution in [0.3, 0.4) is 0 Å². The molecular formula is C12H7NO2S.